The number of aromatic nitrogens is 2. The minimum Gasteiger partial charge on any atom is -0.488 e. The zero-order chi connectivity index (χ0) is 25.8. The molecule has 4 aromatic rings. The van der Waals surface area contributed by atoms with Crippen LogP contribution in [-0.4, -0.2) is 20.8 Å². The number of fused-ring (bicyclic) bond motifs is 1. The molecule has 0 spiro atoms. The Morgan fingerprint density at radius 2 is 1.94 bits per heavy atom. The normalized spacial score (nSPS) is 11.3. The molecule has 8 nitrogen and oxygen atoms in total. The van der Waals surface area contributed by atoms with E-state index in [0.29, 0.717) is 44.5 Å². The minimum atomic E-state index is -0.510. The maximum atomic E-state index is 13.3. The summed E-state index contributed by atoms with van der Waals surface area (Å²) in [6.07, 6.45) is 2.64. The van der Waals surface area contributed by atoms with Crippen LogP contribution in [-0.2, 0) is 13.0 Å². The van der Waals surface area contributed by atoms with Gasteiger partial charge in [0.05, 0.1) is 32.1 Å². The standard InChI is InChI=1S/C25H19BrCl2N4O4/c1-2-3-24-30-22-8-5-17(26)12-19(22)25(33)31(24)29-13-16-11-18(32(34)35)6-9-23(16)36-14-15-4-7-20(27)21(28)10-15/h4-13H,2-3,14H2,1H3. The highest BCUT2D eigenvalue weighted by Gasteiger charge is 2.14. The number of aryl methyl sites for hydroxylation is 1. The van der Waals surface area contributed by atoms with Crippen LogP contribution >= 0.6 is 39.1 Å². The van der Waals surface area contributed by atoms with Crippen molar-refractivity contribution >= 4 is 61.9 Å². The fraction of sp³-hybridized carbons (Fsp3) is 0.160. The second kappa shape index (κ2) is 11.2. The summed E-state index contributed by atoms with van der Waals surface area (Å²) in [5.74, 6) is 0.828. The number of ether oxygens (including phenoxy) is 1. The van der Waals surface area contributed by atoms with Crippen molar-refractivity contribution in [2.24, 2.45) is 5.10 Å². The largest absolute Gasteiger partial charge is 0.488 e. The second-order valence-corrected chi connectivity index (χ2v) is 9.55. The van der Waals surface area contributed by atoms with Gasteiger partial charge in [0.1, 0.15) is 18.2 Å². The number of nitrogens with zero attached hydrogens (tertiary/aromatic N) is 4. The highest BCUT2D eigenvalue weighted by molar-refractivity contribution is 9.10. The van der Waals surface area contributed by atoms with E-state index in [1.165, 1.54) is 29.1 Å². The van der Waals surface area contributed by atoms with E-state index in [4.69, 9.17) is 27.9 Å². The summed E-state index contributed by atoms with van der Waals surface area (Å²) < 4.78 is 7.87. The molecule has 184 valence electrons. The van der Waals surface area contributed by atoms with Gasteiger partial charge in [-0.25, -0.2) is 4.98 Å². The van der Waals surface area contributed by atoms with E-state index >= 15 is 0 Å². The van der Waals surface area contributed by atoms with Crippen LogP contribution in [0.5, 0.6) is 5.75 Å². The predicted octanol–water partition coefficient (Wildman–Crippen LogP) is 6.79. The number of rotatable bonds is 8. The van der Waals surface area contributed by atoms with Crippen molar-refractivity contribution in [3.05, 3.63) is 107 Å². The molecular formula is C25H19BrCl2N4O4. The molecule has 0 bridgehead atoms. The molecule has 0 saturated carbocycles. The molecule has 0 aliphatic rings. The summed E-state index contributed by atoms with van der Waals surface area (Å²) >= 11 is 15.4. The molecule has 0 saturated heterocycles. The summed E-state index contributed by atoms with van der Waals surface area (Å²) in [7, 11) is 0. The molecule has 3 aromatic carbocycles. The van der Waals surface area contributed by atoms with Crippen LogP contribution in [0.2, 0.25) is 10.0 Å². The zero-order valence-electron chi connectivity index (χ0n) is 19.0. The number of nitro benzene ring substituents is 1. The fourth-order valence-electron chi connectivity index (χ4n) is 3.49. The Bertz CT molecular complexity index is 1560. The van der Waals surface area contributed by atoms with Gasteiger partial charge in [-0.15, -0.1) is 0 Å². The number of hydrogen-bond donors (Lipinski definition) is 0. The first-order valence-corrected chi connectivity index (χ1v) is 12.4. The third-order valence-corrected chi connectivity index (χ3v) is 6.48. The monoisotopic (exact) mass is 588 g/mol. The van der Waals surface area contributed by atoms with Crippen molar-refractivity contribution in [2.45, 2.75) is 26.4 Å². The average Bonchev–Trinajstić information content (AvgIpc) is 2.85. The second-order valence-electron chi connectivity index (χ2n) is 7.82. The van der Waals surface area contributed by atoms with E-state index in [2.05, 4.69) is 26.0 Å². The van der Waals surface area contributed by atoms with Gasteiger partial charge >= 0.3 is 0 Å². The van der Waals surface area contributed by atoms with Crippen LogP contribution in [0, 0.1) is 10.1 Å². The molecule has 0 aliphatic carbocycles. The highest BCUT2D eigenvalue weighted by atomic mass is 79.9. The Morgan fingerprint density at radius 1 is 1.14 bits per heavy atom. The molecule has 0 fully saturated rings. The lowest BCUT2D eigenvalue weighted by Crippen LogP contribution is -2.22. The van der Waals surface area contributed by atoms with Crippen molar-refractivity contribution in [2.75, 3.05) is 0 Å². The summed E-state index contributed by atoms with van der Waals surface area (Å²) in [6.45, 7) is 2.11. The van der Waals surface area contributed by atoms with Gasteiger partial charge in [0.15, 0.2) is 0 Å². The Kier molecular flexibility index (Phi) is 8.03. The van der Waals surface area contributed by atoms with E-state index in [1.54, 1.807) is 30.3 Å². The lowest BCUT2D eigenvalue weighted by atomic mass is 10.2. The maximum absolute atomic E-state index is 13.3. The molecule has 0 unspecified atom stereocenters. The number of benzene rings is 3. The Labute approximate surface area is 224 Å². The predicted molar refractivity (Wildman–Crippen MR) is 145 cm³/mol. The molecule has 0 radical (unpaired) electrons. The average molecular weight is 590 g/mol. The van der Waals surface area contributed by atoms with Crippen LogP contribution in [0.25, 0.3) is 10.9 Å². The summed E-state index contributed by atoms with van der Waals surface area (Å²) in [5, 5.41) is 17.0. The van der Waals surface area contributed by atoms with E-state index in [0.717, 1.165) is 16.5 Å². The van der Waals surface area contributed by atoms with Gasteiger partial charge in [-0.1, -0.05) is 52.1 Å². The smallest absolute Gasteiger partial charge is 0.282 e. The first-order valence-electron chi connectivity index (χ1n) is 10.9. The molecule has 0 atom stereocenters. The van der Waals surface area contributed by atoms with Crippen molar-refractivity contribution < 1.29 is 9.66 Å². The number of halogens is 3. The lowest BCUT2D eigenvalue weighted by molar-refractivity contribution is -0.384. The van der Waals surface area contributed by atoms with Crippen molar-refractivity contribution in [1.82, 2.24) is 9.66 Å². The first kappa shape index (κ1) is 25.8. The van der Waals surface area contributed by atoms with Gasteiger partial charge in [0, 0.05) is 28.6 Å². The van der Waals surface area contributed by atoms with Crippen LogP contribution in [0.4, 0.5) is 5.69 Å². The molecule has 1 aromatic heterocycles. The quantitative estimate of drug-likeness (QED) is 0.128. The summed E-state index contributed by atoms with van der Waals surface area (Å²) in [6, 6.07) is 14.5. The molecule has 0 N–H and O–H groups in total. The molecule has 0 amide bonds. The maximum Gasteiger partial charge on any atom is 0.282 e. The van der Waals surface area contributed by atoms with Gasteiger partial charge < -0.3 is 4.74 Å². The van der Waals surface area contributed by atoms with E-state index in [-0.39, 0.29) is 17.9 Å². The van der Waals surface area contributed by atoms with Gasteiger partial charge in [0.25, 0.3) is 11.2 Å². The third-order valence-electron chi connectivity index (χ3n) is 5.24. The van der Waals surface area contributed by atoms with Crippen molar-refractivity contribution in [3.63, 3.8) is 0 Å². The van der Waals surface area contributed by atoms with Crippen molar-refractivity contribution in [1.29, 1.82) is 0 Å². The van der Waals surface area contributed by atoms with Gasteiger partial charge in [0.2, 0.25) is 0 Å². The Hall–Kier alpha value is -3.27. The molecular weight excluding hydrogens is 571 g/mol. The van der Waals surface area contributed by atoms with E-state index < -0.39 is 4.92 Å². The van der Waals surface area contributed by atoms with Crippen LogP contribution < -0.4 is 10.3 Å². The highest BCUT2D eigenvalue weighted by Crippen LogP contribution is 2.26. The Balaban J connectivity index is 1.75. The molecule has 11 heteroatoms. The molecule has 0 aliphatic heterocycles. The topological polar surface area (TPSA) is 99.6 Å². The lowest BCUT2D eigenvalue weighted by Gasteiger charge is -2.11. The van der Waals surface area contributed by atoms with Crippen LogP contribution in [0.15, 0.2) is 69.0 Å². The minimum absolute atomic E-state index is 0.139. The molecule has 36 heavy (non-hydrogen) atoms. The third kappa shape index (κ3) is 5.75. The van der Waals surface area contributed by atoms with Crippen LogP contribution in [0.1, 0.15) is 30.3 Å². The summed E-state index contributed by atoms with van der Waals surface area (Å²) in [4.78, 5) is 28.7. The molecule has 4 rings (SSSR count). The van der Waals surface area contributed by atoms with E-state index in [9.17, 15) is 14.9 Å². The van der Waals surface area contributed by atoms with Crippen LogP contribution in [0.3, 0.4) is 0 Å². The fourth-order valence-corrected chi connectivity index (χ4v) is 4.17. The number of non-ortho nitro benzene ring substituents is 1. The number of hydrogen-bond acceptors (Lipinski definition) is 6. The van der Waals surface area contributed by atoms with Gasteiger partial charge in [-0.3, -0.25) is 14.9 Å². The van der Waals surface area contributed by atoms with E-state index in [1.807, 2.05) is 13.0 Å². The summed E-state index contributed by atoms with van der Waals surface area (Å²) in [5.41, 5.74) is 1.17. The first-order chi connectivity index (χ1) is 17.3. The SMILES string of the molecule is CCCc1nc2ccc(Br)cc2c(=O)n1N=Cc1cc([N+](=O)[O-])ccc1OCc1ccc(Cl)c(Cl)c1. The van der Waals surface area contributed by atoms with Crippen molar-refractivity contribution in [3.8, 4) is 5.75 Å². The van der Waals surface area contributed by atoms with Gasteiger partial charge in [-0.2, -0.15) is 9.78 Å². The Morgan fingerprint density at radius 3 is 2.67 bits per heavy atom. The number of nitro groups is 1. The molecule has 1 heterocycles. The van der Waals surface area contributed by atoms with Gasteiger partial charge in [-0.05, 0) is 48.4 Å². The zero-order valence-corrected chi connectivity index (χ0v) is 22.0.